The molecule has 5 heteroatoms. The van der Waals surface area contributed by atoms with Gasteiger partial charge in [-0.2, -0.15) is 0 Å². The Kier molecular flexibility index (Phi) is 16.4. The smallest absolute Gasteiger partial charge is 1.00 e. The molecule has 0 unspecified atom stereocenters. The minimum Gasteiger partial charge on any atom is -1.00 e. The van der Waals surface area contributed by atoms with Crippen LogP contribution in [0.5, 0.6) is 0 Å². The fraction of sp³-hybridized carbons (Fsp3) is 0. The van der Waals surface area contributed by atoms with Crippen LogP contribution in [0.3, 0.4) is 0 Å². The summed E-state index contributed by atoms with van der Waals surface area (Å²) in [5, 5.41) is 5.63. The van der Waals surface area contributed by atoms with E-state index in [9.17, 15) is 0 Å². The molecular formula is C34H28BrFeNiP2+3. The molecule has 0 nitrogen and oxygen atoms in total. The second kappa shape index (κ2) is 18.6. The molecule has 2 aliphatic carbocycles. The Labute approximate surface area is 269 Å². The molecule has 0 N–H and O–H groups in total. The van der Waals surface area contributed by atoms with E-state index >= 15 is 0 Å². The van der Waals surface area contributed by atoms with Crippen LogP contribution in [0.25, 0.3) is 0 Å². The Morgan fingerprint density at radius 1 is 0.333 bits per heavy atom. The molecule has 196 valence electrons. The van der Waals surface area contributed by atoms with Crippen LogP contribution in [-0.2, 0) is 33.6 Å². The Hall–Kier alpha value is -0.767. The molecule has 0 amide bonds. The van der Waals surface area contributed by atoms with Gasteiger partial charge >= 0.3 is 33.6 Å². The summed E-state index contributed by atoms with van der Waals surface area (Å²) in [5.41, 5.74) is 2.84. The van der Waals surface area contributed by atoms with Gasteiger partial charge < -0.3 is 17.0 Å². The van der Waals surface area contributed by atoms with Crippen LogP contribution in [0.15, 0.2) is 121 Å². The van der Waals surface area contributed by atoms with Gasteiger partial charge in [0, 0.05) is 11.3 Å². The molecule has 0 bridgehead atoms. The first kappa shape index (κ1) is 34.4. The summed E-state index contributed by atoms with van der Waals surface area (Å²) in [4.78, 5) is 0. The maximum absolute atomic E-state index is 2.23. The Morgan fingerprint density at radius 2 is 0.538 bits per heavy atom. The van der Waals surface area contributed by atoms with Crippen LogP contribution in [0.4, 0.5) is 0 Å². The van der Waals surface area contributed by atoms with E-state index in [1.165, 1.54) is 32.5 Å². The molecule has 2 fully saturated rings. The summed E-state index contributed by atoms with van der Waals surface area (Å²) >= 11 is 0. The number of benzene rings is 4. The molecule has 39 heavy (non-hydrogen) atoms. The van der Waals surface area contributed by atoms with E-state index in [0.29, 0.717) is 0 Å². The van der Waals surface area contributed by atoms with Gasteiger partial charge in [-0.3, -0.25) is 0 Å². The van der Waals surface area contributed by atoms with Crippen molar-refractivity contribution in [1.82, 2.24) is 0 Å². The second-order valence-corrected chi connectivity index (χ2v) is 12.7. The minimum atomic E-state index is -0.409. The normalized spacial score (nSPS) is 15.0. The molecule has 4 aromatic carbocycles. The molecule has 0 aliphatic heterocycles. The van der Waals surface area contributed by atoms with Crippen LogP contribution < -0.4 is 38.2 Å². The van der Waals surface area contributed by atoms with E-state index in [-0.39, 0.29) is 50.5 Å². The summed E-state index contributed by atoms with van der Waals surface area (Å²) in [6.07, 6.45) is 17.4. The van der Waals surface area contributed by atoms with E-state index in [0.717, 1.165) is 0 Å². The average Bonchev–Trinajstić information content (AvgIpc) is 3.68. The monoisotopic (exact) mass is 691 g/mol. The van der Waals surface area contributed by atoms with E-state index in [1.807, 2.05) is 0 Å². The van der Waals surface area contributed by atoms with Crippen LogP contribution >= 0.6 is 15.8 Å². The third-order valence-electron chi connectivity index (χ3n) is 5.86. The van der Waals surface area contributed by atoms with Gasteiger partial charge in [-0.15, -0.1) is 0 Å². The Bertz CT molecular complexity index is 979. The van der Waals surface area contributed by atoms with Gasteiger partial charge in [0.15, 0.2) is 0 Å². The molecular weight excluding hydrogens is 665 g/mol. The van der Waals surface area contributed by atoms with Gasteiger partial charge in [-0.1, -0.05) is 121 Å². The van der Waals surface area contributed by atoms with Crippen molar-refractivity contribution in [2.75, 3.05) is 0 Å². The molecule has 0 saturated heterocycles. The average molecular weight is 693 g/mol. The molecule has 6 rings (SSSR count). The van der Waals surface area contributed by atoms with Gasteiger partial charge in [0.05, 0.1) is 0 Å². The Balaban J connectivity index is 0.000000254. The molecule has 0 spiro atoms. The van der Waals surface area contributed by atoms with E-state index in [2.05, 4.69) is 173 Å². The minimum absolute atomic E-state index is 0. The molecule has 0 aromatic heterocycles. The first-order valence-electron chi connectivity index (χ1n) is 12.1. The number of halogens is 1. The number of rotatable bonds is 6. The zero-order chi connectivity index (χ0) is 24.4. The summed E-state index contributed by atoms with van der Waals surface area (Å²) < 4.78 is 0. The van der Waals surface area contributed by atoms with E-state index in [4.69, 9.17) is 0 Å². The van der Waals surface area contributed by atoms with Gasteiger partial charge in [-0.25, -0.2) is 0 Å². The predicted octanol–water partition coefficient (Wildman–Crippen LogP) is 3.96. The molecule has 10 radical (unpaired) electrons. The molecule has 0 atom stereocenters. The fourth-order valence-electron chi connectivity index (χ4n) is 4.23. The summed E-state index contributed by atoms with van der Waals surface area (Å²) in [6, 6.07) is 43.1. The van der Waals surface area contributed by atoms with Crippen LogP contribution in [-0.4, -0.2) is 0 Å². The fourth-order valence-corrected chi connectivity index (χ4v) is 8.84. The van der Waals surface area contributed by atoms with Crippen LogP contribution in [0, 0.1) is 62.7 Å². The maximum atomic E-state index is 2.23. The van der Waals surface area contributed by atoms with Gasteiger partial charge in [0.25, 0.3) is 0 Å². The predicted molar refractivity (Wildman–Crippen MR) is 159 cm³/mol. The van der Waals surface area contributed by atoms with Crippen molar-refractivity contribution < 1.29 is 50.5 Å². The van der Waals surface area contributed by atoms with E-state index in [1.54, 1.807) is 0 Å². The third kappa shape index (κ3) is 9.64. The summed E-state index contributed by atoms with van der Waals surface area (Å²) in [7, 11) is -0.818. The van der Waals surface area contributed by atoms with Crippen LogP contribution in [0.1, 0.15) is 0 Å². The van der Waals surface area contributed by atoms with Crippen molar-refractivity contribution in [2.24, 2.45) is 0 Å². The standard InChI is InChI=1S/2C17H14P.BrH.Fe.Ni/c2*1-3-9-15(10-4-1)18(17-13-7-8-14-17)16-11-5-2-6-12-16;;;/h2*1-14H;1H;;/q;;;2*+2/p-1. The first-order chi connectivity index (χ1) is 17.9. The van der Waals surface area contributed by atoms with Crippen molar-refractivity contribution in [3.8, 4) is 0 Å². The van der Waals surface area contributed by atoms with Crippen molar-refractivity contribution >= 4 is 37.1 Å². The third-order valence-corrected chi connectivity index (χ3v) is 10.8. The maximum Gasteiger partial charge on any atom is 2.00 e. The quantitative estimate of drug-likeness (QED) is 0.212. The Morgan fingerprint density at radius 3 is 0.744 bits per heavy atom. The van der Waals surface area contributed by atoms with Crippen molar-refractivity contribution in [3.63, 3.8) is 0 Å². The number of hydrogen-bond acceptors (Lipinski definition) is 0. The van der Waals surface area contributed by atoms with Gasteiger partial charge in [0.1, 0.15) is 0 Å². The summed E-state index contributed by atoms with van der Waals surface area (Å²) in [6.45, 7) is 0. The van der Waals surface area contributed by atoms with Crippen LogP contribution in [0.2, 0.25) is 0 Å². The van der Waals surface area contributed by atoms with Gasteiger partial charge in [0.2, 0.25) is 0 Å². The van der Waals surface area contributed by atoms with Crippen molar-refractivity contribution in [1.29, 1.82) is 0 Å². The van der Waals surface area contributed by atoms with Crippen molar-refractivity contribution in [2.45, 2.75) is 0 Å². The summed E-state index contributed by atoms with van der Waals surface area (Å²) in [5.74, 6) is 0. The molecule has 2 aliphatic rings. The van der Waals surface area contributed by atoms with E-state index < -0.39 is 15.8 Å². The molecule has 2 saturated carbocycles. The first-order valence-corrected chi connectivity index (χ1v) is 14.8. The van der Waals surface area contributed by atoms with Crippen molar-refractivity contribution in [3.05, 3.63) is 184 Å². The number of hydrogen-bond donors (Lipinski definition) is 0. The zero-order valence-corrected chi connectivity index (χ0v) is 26.6. The largest absolute Gasteiger partial charge is 2.00 e. The SMILES string of the molecule is [Br-].[CH]1[CH][CH][C](P(c2ccccc2)c2ccccc2)[CH]1.[CH]1[CH][CH][C](P(c2ccccc2)c2ccccc2)[CH]1.[Fe+2].[Ni+2]. The zero-order valence-electron chi connectivity index (χ0n) is 21.1. The molecule has 0 heterocycles. The second-order valence-electron chi connectivity index (χ2n) is 8.30. The topological polar surface area (TPSA) is 0 Å². The molecule has 4 aromatic rings. The van der Waals surface area contributed by atoms with Gasteiger partial charge in [-0.05, 0) is 88.4 Å².